The van der Waals surface area contributed by atoms with Crippen LogP contribution in [-0.4, -0.2) is 53.5 Å². The second-order valence-electron chi connectivity index (χ2n) is 7.23. The molecule has 3 aromatic rings. The van der Waals surface area contributed by atoms with E-state index in [2.05, 4.69) is 34.8 Å². The zero-order chi connectivity index (χ0) is 19.7. The molecule has 0 aliphatic carbocycles. The molecule has 6 nitrogen and oxygen atoms in total. The first-order valence-electron chi connectivity index (χ1n) is 9.71. The van der Waals surface area contributed by atoms with E-state index in [1.165, 1.54) is 16.9 Å². The number of methoxy groups -OCH3 is 1. The maximum absolute atomic E-state index is 13.0. The highest BCUT2D eigenvalue weighted by Crippen LogP contribution is 2.35. The fraction of sp³-hybridized carbons (Fsp3) is 0.429. The monoisotopic (exact) mass is 398 g/mol. The van der Waals surface area contributed by atoms with E-state index in [-0.39, 0.29) is 5.91 Å². The SMILES string of the molecule is COCCNc1c(-c2cccc(C)c2)nc2sc(C(=O)N3CCCC3)c(C)n12. The van der Waals surface area contributed by atoms with Crippen molar-refractivity contribution < 1.29 is 9.53 Å². The number of aryl methyl sites for hydroxylation is 2. The number of rotatable bonds is 6. The average Bonchev–Trinajstić information content (AvgIpc) is 3.39. The van der Waals surface area contributed by atoms with Gasteiger partial charge in [-0.15, -0.1) is 0 Å². The Hall–Kier alpha value is -2.38. The van der Waals surface area contributed by atoms with Gasteiger partial charge in [0.1, 0.15) is 16.4 Å². The first-order valence-corrected chi connectivity index (χ1v) is 10.5. The number of nitrogens with one attached hydrogen (secondary N) is 1. The van der Waals surface area contributed by atoms with Crippen molar-refractivity contribution in [3.05, 3.63) is 40.4 Å². The standard InChI is InChI=1S/C21H26N4O2S/c1-14-7-6-8-16(13-14)17-19(22-9-12-27-3)25-15(2)18(28-21(25)23-17)20(26)24-10-4-5-11-24/h6-8,13,22H,4-5,9-12H2,1-3H3. The normalized spacial score (nSPS) is 14.2. The van der Waals surface area contributed by atoms with Crippen LogP contribution < -0.4 is 5.32 Å². The molecule has 1 N–H and O–H groups in total. The van der Waals surface area contributed by atoms with Crippen LogP contribution >= 0.6 is 11.3 Å². The van der Waals surface area contributed by atoms with Crippen molar-refractivity contribution in [3.8, 4) is 11.3 Å². The minimum Gasteiger partial charge on any atom is -0.383 e. The lowest BCUT2D eigenvalue weighted by Crippen LogP contribution is -2.27. The summed E-state index contributed by atoms with van der Waals surface area (Å²) in [5.41, 5.74) is 4.12. The molecule has 4 rings (SSSR count). The van der Waals surface area contributed by atoms with Gasteiger partial charge < -0.3 is 15.0 Å². The van der Waals surface area contributed by atoms with Gasteiger partial charge >= 0.3 is 0 Å². The number of carbonyl (C=O) groups is 1. The molecule has 148 valence electrons. The van der Waals surface area contributed by atoms with Crippen molar-refractivity contribution in [2.24, 2.45) is 0 Å². The number of nitrogens with zero attached hydrogens (tertiary/aromatic N) is 3. The van der Waals surface area contributed by atoms with Crippen LogP contribution in [0.3, 0.4) is 0 Å². The summed E-state index contributed by atoms with van der Waals surface area (Å²) >= 11 is 1.48. The zero-order valence-corrected chi connectivity index (χ0v) is 17.4. The summed E-state index contributed by atoms with van der Waals surface area (Å²) in [7, 11) is 1.69. The van der Waals surface area contributed by atoms with Crippen LogP contribution in [0, 0.1) is 13.8 Å². The number of anilines is 1. The summed E-state index contributed by atoms with van der Waals surface area (Å²) < 4.78 is 7.29. The molecule has 1 saturated heterocycles. The Morgan fingerprint density at radius 3 is 2.79 bits per heavy atom. The van der Waals surface area contributed by atoms with E-state index in [0.29, 0.717) is 13.2 Å². The van der Waals surface area contributed by atoms with Crippen molar-refractivity contribution in [1.29, 1.82) is 0 Å². The van der Waals surface area contributed by atoms with Crippen LogP contribution in [0.15, 0.2) is 24.3 Å². The van der Waals surface area contributed by atoms with Crippen LogP contribution in [0.1, 0.15) is 33.8 Å². The second-order valence-corrected chi connectivity index (χ2v) is 8.21. The number of carbonyl (C=O) groups excluding carboxylic acids is 1. The molecule has 0 unspecified atom stereocenters. The number of ether oxygens (including phenoxy) is 1. The third kappa shape index (κ3) is 3.40. The highest BCUT2D eigenvalue weighted by molar-refractivity contribution is 7.19. The predicted octanol–water partition coefficient (Wildman–Crippen LogP) is 3.97. The molecule has 0 saturated carbocycles. The van der Waals surface area contributed by atoms with Gasteiger partial charge in [-0.2, -0.15) is 0 Å². The van der Waals surface area contributed by atoms with Gasteiger partial charge in [-0.05, 0) is 32.8 Å². The molecular formula is C21H26N4O2S. The molecular weight excluding hydrogens is 372 g/mol. The summed E-state index contributed by atoms with van der Waals surface area (Å²) in [4.78, 5) is 21.4. The average molecular weight is 399 g/mol. The lowest BCUT2D eigenvalue weighted by molar-refractivity contribution is 0.0796. The van der Waals surface area contributed by atoms with Crippen LogP contribution in [0.25, 0.3) is 16.2 Å². The van der Waals surface area contributed by atoms with Crippen LogP contribution in [0.5, 0.6) is 0 Å². The van der Waals surface area contributed by atoms with Crippen LogP contribution in [-0.2, 0) is 4.74 Å². The number of likely N-dealkylation sites (tertiary alicyclic amines) is 1. The second kappa shape index (κ2) is 7.93. The van der Waals surface area contributed by atoms with Crippen molar-refractivity contribution in [3.63, 3.8) is 0 Å². The first kappa shape index (κ1) is 19.0. The smallest absolute Gasteiger partial charge is 0.265 e. The Labute approximate surface area is 169 Å². The third-order valence-electron chi connectivity index (χ3n) is 5.18. The Kier molecular flexibility index (Phi) is 5.37. The van der Waals surface area contributed by atoms with E-state index in [9.17, 15) is 4.79 Å². The fourth-order valence-corrected chi connectivity index (χ4v) is 4.83. The molecule has 1 aromatic carbocycles. The summed E-state index contributed by atoms with van der Waals surface area (Å²) in [6.07, 6.45) is 2.18. The molecule has 0 atom stereocenters. The highest BCUT2D eigenvalue weighted by Gasteiger charge is 2.27. The summed E-state index contributed by atoms with van der Waals surface area (Å²) in [5, 5.41) is 3.47. The van der Waals surface area contributed by atoms with Gasteiger partial charge in [-0.3, -0.25) is 9.20 Å². The zero-order valence-electron chi connectivity index (χ0n) is 16.6. The van der Waals surface area contributed by atoms with E-state index < -0.39 is 0 Å². The fourth-order valence-electron chi connectivity index (χ4n) is 3.74. The number of amides is 1. The number of aromatic nitrogens is 2. The lowest BCUT2D eigenvalue weighted by Gasteiger charge is -2.14. The summed E-state index contributed by atoms with van der Waals surface area (Å²) in [5.74, 6) is 1.05. The van der Waals surface area contributed by atoms with Gasteiger partial charge in [0.2, 0.25) is 0 Å². The Balaban J connectivity index is 1.79. The highest BCUT2D eigenvalue weighted by atomic mass is 32.1. The Morgan fingerprint density at radius 2 is 2.07 bits per heavy atom. The number of hydrogen-bond acceptors (Lipinski definition) is 5. The third-order valence-corrected chi connectivity index (χ3v) is 6.31. The molecule has 2 aromatic heterocycles. The van der Waals surface area contributed by atoms with Gasteiger partial charge in [0, 0.05) is 38.0 Å². The molecule has 0 radical (unpaired) electrons. The number of benzene rings is 1. The number of thiazole rings is 1. The number of hydrogen-bond donors (Lipinski definition) is 1. The molecule has 1 amide bonds. The molecule has 28 heavy (non-hydrogen) atoms. The van der Waals surface area contributed by atoms with Gasteiger partial charge in [0.25, 0.3) is 5.91 Å². The largest absolute Gasteiger partial charge is 0.383 e. The quantitative estimate of drug-likeness (QED) is 0.638. The van der Waals surface area contributed by atoms with Crippen molar-refractivity contribution in [2.75, 3.05) is 38.7 Å². The van der Waals surface area contributed by atoms with Crippen molar-refractivity contribution in [2.45, 2.75) is 26.7 Å². The van der Waals surface area contributed by atoms with Gasteiger partial charge in [-0.25, -0.2) is 4.98 Å². The van der Waals surface area contributed by atoms with E-state index in [1.807, 2.05) is 17.9 Å². The first-order chi connectivity index (χ1) is 13.6. The summed E-state index contributed by atoms with van der Waals surface area (Å²) in [6.45, 7) is 7.07. The minimum absolute atomic E-state index is 0.130. The molecule has 1 fully saturated rings. The molecule has 7 heteroatoms. The van der Waals surface area contributed by atoms with Gasteiger partial charge in [0.15, 0.2) is 4.96 Å². The topological polar surface area (TPSA) is 58.9 Å². The molecule has 3 heterocycles. The van der Waals surface area contributed by atoms with Gasteiger partial charge in [-0.1, -0.05) is 35.1 Å². The number of fused-ring (bicyclic) bond motifs is 1. The van der Waals surface area contributed by atoms with E-state index in [0.717, 1.165) is 58.5 Å². The Bertz CT molecular complexity index is 1000. The lowest BCUT2D eigenvalue weighted by atomic mass is 10.1. The van der Waals surface area contributed by atoms with E-state index in [1.54, 1.807) is 7.11 Å². The van der Waals surface area contributed by atoms with Crippen LogP contribution in [0.4, 0.5) is 5.82 Å². The van der Waals surface area contributed by atoms with Crippen molar-refractivity contribution in [1.82, 2.24) is 14.3 Å². The maximum atomic E-state index is 13.0. The van der Waals surface area contributed by atoms with E-state index in [4.69, 9.17) is 9.72 Å². The predicted molar refractivity (Wildman–Crippen MR) is 113 cm³/mol. The molecule has 1 aliphatic rings. The van der Waals surface area contributed by atoms with E-state index >= 15 is 0 Å². The van der Waals surface area contributed by atoms with Crippen molar-refractivity contribution >= 4 is 28.0 Å². The van der Waals surface area contributed by atoms with Gasteiger partial charge in [0.05, 0.1) is 6.61 Å². The molecule has 1 aliphatic heterocycles. The van der Waals surface area contributed by atoms with Crippen LogP contribution in [0.2, 0.25) is 0 Å². The molecule has 0 bridgehead atoms. The summed E-state index contributed by atoms with van der Waals surface area (Å²) in [6, 6.07) is 8.34. The number of imidazole rings is 1. The minimum atomic E-state index is 0.130. The molecule has 0 spiro atoms. The maximum Gasteiger partial charge on any atom is 0.265 e. The Morgan fingerprint density at radius 1 is 1.29 bits per heavy atom.